The van der Waals surface area contributed by atoms with Crippen LogP contribution in [0.1, 0.15) is 59.1 Å². The molecule has 3 aromatic rings. The van der Waals surface area contributed by atoms with Crippen LogP contribution < -0.4 is 10.2 Å². The van der Waals surface area contributed by atoms with Crippen LogP contribution in [0.3, 0.4) is 0 Å². The van der Waals surface area contributed by atoms with Crippen LogP contribution in [0, 0.1) is 0 Å². The van der Waals surface area contributed by atoms with E-state index in [1.807, 2.05) is 50.1 Å². The van der Waals surface area contributed by atoms with E-state index >= 15 is 0 Å². The third-order valence-corrected chi connectivity index (χ3v) is 7.00. The summed E-state index contributed by atoms with van der Waals surface area (Å²) in [6.45, 7) is 8.02. The van der Waals surface area contributed by atoms with Gasteiger partial charge in [-0.05, 0) is 80.9 Å². The van der Waals surface area contributed by atoms with Gasteiger partial charge in [-0.1, -0.05) is 0 Å². The van der Waals surface area contributed by atoms with E-state index in [2.05, 4.69) is 42.2 Å². The van der Waals surface area contributed by atoms with E-state index in [0.717, 1.165) is 84.3 Å². The number of nitrogens with one attached hydrogen (secondary N) is 1. The molecule has 2 aliphatic rings. The average Bonchev–Trinajstić information content (AvgIpc) is 3.22. The number of alkyl carbamates (subject to hydrolysis) is 1. The molecule has 192 valence electrons. The smallest absolute Gasteiger partial charge is 0.407 e. The molecule has 10 heteroatoms. The number of aromatic nitrogens is 4. The fourth-order valence-electron chi connectivity index (χ4n) is 4.85. The molecule has 1 N–H and O–H groups in total. The van der Waals surface area contributed by atoms with E-state index in [0.29, 0.717) is 0 Å². The lowest BCUT2D eigenvalue weighted by Gasteiger charge is -2.34. The van der Waals surface area contributed by atoms with Crippen LogP contribution in [0.25, 0.3) is 22.2 Å². The van der Waals surface area contributed by atoms with Crippen LogP contribution in [-0.4, -0.2) is 57.2 Å². The Morgan fingerprint density at radius 2 is 1.94 bits per heavy atom. The Balaban J connectivity index is 1.34. The molecule has 3 aromatic heterocycles. The fraction of sp³-hybridized carbons (Fsp3) is 0.538. The predicted molar refractivity (Wildman–Crippen MR) is 142 cm³/mol. The lowest BCUT2D eigenvalue weighted by Crippen LogP contribution is -2.46. The van der Waals surface area contributed by atoms with Gasteiger partial charge in [0.05, 0.1) is 23.6 Å². The number of carbonyl (C=O) groups is 1. The number of ether oxygens (including phenoxy) is 2. The van der Waals surface area contributed by atoms with Crippen molar-refractivity contribution >= 4 is 38.6 Å². The summed E-state index contributed by atoms with van der Waals surface area (Å²) in [6.07, 6.45) is 10.0. The van der Waals surface area contributed by atoms with Crippen LogP contribution in [0.4, 0.5) is 10.5 Å². The number of hydrogen-bond donors (Lipinski definition) is 1. The Labute approximate surface area is 219 Å². The number of anilines is 1. The molecule has 5 rings (SSSR count). The second kappa shape index (κ2) is 10.3. The summed E-state index contributed by atoms with van der Waals surface area (Å²) in [5.74, 6) is 0. The van der Waals surface area contributed by atoms with E-state index in [9.17, 15) is 4.79 Å². The first-order valence-corrected chi connectivity index (χ1v) is 13.4. The van der Waals surface area contributed by atoms with Gasteiger partial charge in [0.25, 0.3) is 0 Å². The largest absolute Gasteiger partial charge is 0.444 e. The number of rotatable bonds is 4. The molecule has 2 aliphatic heterocycles. The lowest BCUT2D eigenvalue weighted by atomic mass is 10.0. The van der Waals surface area contributed by atoms with Crippen molar-refractivity contribution in [3.8, 4) is 11.3 Å². The number of nitrogens with zero attached hydrogens (tertiary/aromatic N) is 5. The topological polar surface area (TPSA) is 94.4 Å². The first-order valence-electron chi connectivity index (χ1n) is 12.6. The van der Waals surface area contributed by atoms with E-state index in [4.69, 9.17) is 14.6 Å². The zero-order valence-corrected chi connectivity index (χ0v) is 22.6. The van der Waals surface area contributed by atoms with Gasteiger partial charge in [-0.2, -0.15) is 5.10 Å². The average molecular weight is 557 g/mol. The van der Waals surface area contributed by atoms with Crippen LogP contribution in [0.2, 0.25) is 0 Å². The minimum absolute atomic E-state index is 0.0781. The van der Waals surface area contributed by atoms with Gasteiger partial charge in [0.15, 0.2) is 6.23 Å². The highest BCUT2D eigenvalue weighted by Crippen LogP contribution is 2.34. The van der Waals surface area contributed by atoms with Crippen molar-refractivity contribution in [2.24, 2.45) is 0 Å². The first kappa shape index (κ1) is 25.0. The maximum atomic E-state index is 12.1. The molecule has 0 saturated carbocycles. The fourth-order valence-corrected chi connectivity index (χ4v) is 5.18. The van der Waals surface area contributed by atoms with Crippen LogP contribution in [0.5, 0.6) is 0 Å². The zero-order valence-electron chi connectivity index (χ0n) is 21.0. The quantitative estimate of drug-likeness (QED) is 0.427. The highest BCUT2D eigenvalue weighted by Gasteiger charge is 2.25. The molecular formula is C26H33BrN6O3. The van der Waals surface area contributed by atoms with Crippen molar-refractivity contribution in [2.45, 2.75) is 70.7 Å². The van der Waals surface area contributed by atoms with Gasteiger partial charge in [-0.25, -0.2) is 14.5 Å². The molecule has 5 heterocycles. The molecule has 2 saturated heterocycles. The summed E-state index contributed by atoms with van der Waals surface area (Å²) >= 11 is 3.52. The summed E-state index contributed by atoms with van der Waals surface area (Å²) in [4.78, 5) is 23.5. The Morgan fingerprint density at radius 1 is 1.14 bits per heavy atom. The van der Waals surface area contributed by atoms with Crippen molar-refractivity contribution in [3.63, 3.8) is 0 Å². The highest BCUT2D eigenvalue weighted by atomic mass is 79.9. The van der Waals surface area contributed by atoms with Crippen molar-refractivity contribution in [1.29, 1.82) is 0 Å². The number of amides is 1. The number of pyridine rings is 2. The van der Waals surface area contributed by atoms with Gasteiger partial charge in [0.2, 0.25) is 0 Å². The van der Waals surface area contributed by atoms with Gasteiger partial charge >= 0.3 is 6.09 Å². The Morgan fingerprint density at radius 3 is 2.67 bits per heavy atom. The number of piperidine rings is 1. The van der Waals surface area contributed by atoms with Gasteiger partial charge in [0, 0.05) is 42.9 Å². The monoisotopic (exact) mass is 556 g/mol. The third-order valence-electron chi connectivity index (χ3n) is 6.57. The van der Waals surface area contributed by atoms with Gasteiger partial charge in [-0.3, -0.25) is 4.98 Å². The minimum Gasteiger partial charge on any atom is -0.444 e. The molecular weight excluding hydrogens is 524 g/mol. The van der Waals surface area contributed by atoms with E-state index in [1.54, 1.807) is 0 Å². The molecule has 0 radical (unpaired) electrons. The molecule has 0 bridgehead atoms. The van der Waals surface area contributed by atoms with Crippen molar-refractivity contribution in [1.82, 2.24) is 25.1 Å². The molecule has 0 aromatic carbocycles. The normalized spacial score (nSPS) is 19.4. The standard InChI is InChI=1S/C26H33BrN6O3/c1-26(2,3)36-25(34)30-18-7-9-32(10-8-18)19-12-17(14-28-15-19)24-20-13-22(27)29-16-21(20)33(31-24)23-6-4-5-11-35-23/h12-16,18,23H,4-11H2,1-3H3,(H,30,34). The Hall–Kier alpha value is -2.72. The second-order valence-electron chi connectivity index (χ2n) is 10.5. The molecule has 36 heavy (non-hydrogen) atoms. The maximum Gasteiger partial charge on any atom is 0.407 e. The van der Waals surface area contributed by atoms with E-state index in [1.165, 1.54) is 0 Å². The summed E-state index contributed by atoms with van der Waals surface area (Å²) in [7, 11) is 0. The molecule has 1 unspecified atom stereocenters. The SMILES string of the molecule is CC(C)(C)OC(=O)NC1CCN(c2cncc(-c3nn(C4CCCCO4)c4cnc(Br)cc34)c2)CC1. The number of hydrogen-bond acceptors (Lipinski definition) is 7. The maximum absolute atomic E-state index is 12.1. The van der Waals surface area contributed by atoms with Crippen molar-refractivity contribution in [2.75, 3.05) is 24.6 Å². The van der Waals surface area contributed by atoms with Gasteiger partial charge < -0.3 is 19.7 Å². The number of halogens is 1. The summed E-state index contributed by atoms with van der Waals surface area (Å²) in [6, 6.07) is 4.26. The van der Waals surface area contributed by atoms with Gasteiger partial charge in [-0.15, -0.1) is 0 Å². The lowest BCUT2D eigenvalue weighted by molar-refractivity contribution is -0.0365. The van der Waals surface area contributed by atoms with Crippen LogP contribution in [-0.2, 0) is 9.47 Å². The van der Waals surface area contributed by atoms with Crippen LogP contribution in [0.15, 0.2) is 35.3 Å². The summed E-state index contributed by atoms with van der Waals surface area (Å²) in [5, 5.41) is 9.02. The van der Waals surface area contributed by atoms with Crippen molar-refractivity contribution in [3.05, 3.63) is 35.3 Å². The Bertz CT molecular complexity index is 1230. The number of carbonyl (C=O) groups excluding carboxylic acids is 1. The molecule has 0 spiro atoms. The number of fused-ring (bicyclic) bond motifs is 1. The molecule has 1 atom stereocenters. The van der Waals surface area contributed by atoms with Crippen LogP contribution >= 0.6 is 15.9 Å². The zero-order chi connectivity index (χ0) is 25.3. The predicted octanol–water partition coefficient (Wildman–Crippen LogP) is 5.45. The third kappa shape index (κ3) is 5.64. The molecule has 2 fully saturated rings. The molecule has 0 aliphatic carbocycles. The summed E-state index contributed by atoms with van der Waals surface area (Å²) in [5.41, 5.74) is 3.34. The molecule has 9 nitrogen and oxygen atoms in total. The highest BCUT2D eigenvalue weighted by molar-refractivity contribution is 9.10. The minimum atomic E-state index is -0.497. The van der Waals surface area contributed by atoms with E-state index in [-0.39, 0.29) is 18.4 Å². The molecule has 1 amide bonds. The summed E-state index contributed by atoms with van der Waals surface area (Å²) < 4.78 is 14.2. The second-order valence-corrected chi connectivity index (χ2v) is 11.3. The van der Waals surface area contributed by atoms with E-state index < -0.39 is 5.60 Å². The Kier molecular flexibility index (Phi) is 7.16. The first-order chi connectivity index (χ1) is 17.3. The van der Waals surface area contributed by atoms with Gasteiger partial charge in [0.1, 0.15) is 15.9 Å². The van der Waals surface area contributed by atoms with Crippen molar-refractivity contribution < 1.29 is 14.3 Å².